The largest absolute Gasteiger partial charge is 0.336 e. The quantitative estimate of drug-likeness (QED) is 0.557. The Balaban J connectivity index is 0.00000210. The third kappa shape index (κ3) is 3.78. The van der Waals surface area contributed by atoms with Crippen molar-refractivity contribution in [1.29, 1.82) is 0 Å². The molecule has 0 fully saturated rings. The number of aromatic amines is 1. The molecule has 4 aromatic rings. The molecule has 0 aliphatic carbocycles. The van der Waals surface area contributed by atoms with Crippen LogP contribution < -0.4 is 5.32 Å². The number of hydrogen-bond acceptors (Lipinski definition) is 4. The predicted molar refractivity (Wildman–Crippen MR) is 103 cm³/mol. The van der Waals surface area contributed by atoms with E-state index in [2.05, 4.69) is 25.3 Å². The number of nitrogens with one attached hydrogen (secondary N) is 2. The first-order valence-corrected chi connectivity index (χ1v) is 7.95. The molecular formula is C19H15ClFN5O. The number of hydrogen-bond donors (Lipinski definition) is 2. The van der Waals surface area contributed by atoms with Gasteiger partial charge in [0.1, 0.15) is 11.6 Å². The van der Waals surface area contributed by atoms with Crippen LogP contribution in [-0.2, 0) is 0 Å². The third-order valence-corrected chi connectivity index (χ3v) is 3.92. The van der Waals surface area contributed by atoms with Crippen molar-refractivity contribution in [3.05, 3.63) is 71.9 Å². The summed E-state index contributed by atoms with van der Waals surface area (Å²) in [5.74, 6) is -0.100. The van der Waals surface area contributed by atoms with E-state index < -0.39 is 0 Å². The molecule has 0 atom stereocenters. The van der Waals surface area contributed by atoms with Crippen molar-refractivity contribution in [2.75, 3.05) is 5.32 Å². The summed E-state index contributed by atoms with van der Waals surface area (Å²) >= 11 is 0. The maximum Gasteiger partial charge on any atom is 0.258 e. The van der Waals surface area contributed by atoms with Crippen molar-refractivity contribution in [2.45, 2.75) is 6.92 Å². The van der Waals surface area contributed by atoms with Gasteiger partial charge in [-0.25, -0.2) is 14.4 Å². The second-order valence-corrected chi connectivity index (χ2v) is 5.79. The number of carbonyl (C=O) groups excluding carboxylic acids is 1. The number of amides is 1. The number of halogens is 2. The number of H-pyrrole nitrogens is 1. The highest BCUT2D eigenvalue weighted by molar-refractivity contribution is 6.11. The van der Waals surface area contributed by atoms with Crippen LogP contribution in [0.25, 0.3) is 22.6 Å². The molecule has 0 bridgehead atoms. The van der Waals surface area contributed by atoms with Gasteiger partial charge in [-0.2, -0.15) is 0 Å². The van der Waals surface area contributed by atoms with Gasteiger partial charge >= 0.3 is 0 Å². The molecule has 0 aliphatic rings. The number of carbonyl (C=O) groups is 1. The zero-order valence-electron chi connectivity index (χ0n) is 14.2. The van der Waals surface area contributed by atoms with E-state index in [-0.39, 0.29) is 24.1 Å². The molecule has 1 aromatic carbocycles. The van der Waals surface area contributed by atoms with Crippen LogP contribution in [-0.4, -0.2) is 25.8 Å². The monoisotopic (exact) mass is 383 g/mol. The Morgan fingerprint density at radius 1 is 1.07 bits per heavy atom. The fourth-order valence-corrected chi connectivity index (χ4v) is 2.58. The van der Waals surface area contributed by atoms with Gasteiger partial charge in [0.25, 0.3) is 5.91 Å². The smallest absolute Gasteiger partial charge is 0.258 e. The Kier molecular flexibility index (Phi) is 5.14. The molecule has 0 aliphatic heterocycles. The van der Waals surface area contributed by atoms with Gasteiger partial charge in [0.05, 0.1) is 23.0 Å². The molecule has 0 radical (unpaired) electrons. The average Bonchev–Trinajstić information content (AvgIpc) is 3.08. The first kappa shape index (κ1) is 18.5. The van der Waals surface area contributed by atoms with E-state index in [0.29, 0.717) is 33.8 Å². The number of anilines is 1. The van der Waals surface area contributed by atoms with Crippen molar-refractivity contribution >= 4 is 35.2 Å². The number of aryl methyl sites for hydroxylation is 1. The number of nitrogens with zero attached hydrogens (tertiary/aromatic N) is 3. The summed E-state index contributed by atoms with van der Waals surface area (Å²) in [6.07, 6.45) is 3.13. The molecule has 8 heteroatoms. The molecule has 0 spiro atoms. The summed E-state index contributed by atoms with van der Waals surface area (Å²) in [5.41, 5.74) is 3.52. The second kappa shape index (κ2) is 7.51. The van der Waals surface area contributed by atoms with Crippen molar-refractivity contribution in [3.63, 3.8) is 0 Å². The molecule has 4 rings (SSSR count). The highest BCUT2D eigenvalue weighted by Crippen LogP contribution is 2.22. The lowest BCUT2D eigenvalue weighted by atomic mass is 10.2. The molecule has 136 valence electrons. The van der Waals surface area contributed by atoms with Crippen molar-refractivity contribution in [2.24, 2.45) is 0 Å². The van der Waals surface area contributed by atoms with Crippen LogP contribution in [0, 0.1) is 12.7 Å². The minimum atomic E-state index is -0.324. The zero-order valence-corrected chi connectivity index (χ0v) is 15.0. The Hall–Kier alpha value is -3.32. The number of fused-ring (bicyclic) bond motifs is 1. The van der Waals surface area contributed by atoms with Crippen molar-refractivity contribution in [3.8, 4) is 11.4 Å². The van der Waals surface area contributed by atoms with Crippen molar-refractivity contribution in [1.82, 2.24) is 19.9 Å². The second-order valence-electron chi connectivity index (χ2n) is 5.79. The third-order valence-electron chi connectivity index (χ3n) is 3.92. The fourth-order valence-electron chi connectivity index (χ4n) is 2.58. The molecular weight excluding hydrogens is 369 g/mol. The lowest BCUT2D eigenvalue weighted by Crippen LogP contribution is -2.12. The van der Waals surface area contributed by atoms with Gasteiger partial charge in [-0.05, 0) is 49.4 Å². The number of rotatable bonds is 3. The van der Waals surface area contributed by atoms with Crippen LogP contribution in [0.1, 0.15) is 16.1 Å². The normalized spacial score (nSPS) is 10.4. The van der Waals surface area contributed by atoms with Gasteiger partial charge in [-0.15, -0.1) is 12.4 Å². The van der Waals surface area contributed by atoms with Crippen LogP contribution in [0.4, 0.5) is 10.1 Å². The van der Waals surface area contributed by atoms with E-state index in [0.717, 1.165) is 5.69 Å². The van der Waals surface area contributed by atoms with E-state index in [4.69, 9.17) is 0 Å². The highest BCUT2D eigenvalue weighted by atomic mass is 35.5. The summed E-state index contributed by atoms with van der Waals surface area (Å²) in [6.45, 7) is 1.87. The minimum absolute atomic E-state index is 0. The Bertz CT molecular complexity index is 1090. The SMILES string of the molecule is Cc1ccc(NC(=O)c2ccnc3nc(-c4ccc(F)cc4)[nH]c23)cn1.Cl. The zero-order chi connectivity index (χ0) is 18.1. The van der Waals surface area contributed by atoms with E-state index in [1.165, 1.54) is 18.3 Å². The lowest BCUT2D eigenvalue weighted by molar-refractivity contribution is 0.102. The molecule has 1 amide bonds. The van der Waals surface area contributed by atoms with Gasteiger partial charge in [0, 0.05) is 17.5 Å². The van der Waals surface area contributed by atoms with Gasteiger partial charge < -0.3 is 10.3 Å². The maximum atomic E-state index is 13.1. The molecule has 0 unspecified atom stereocenters. The Morgan fingerprint density at radius 3 is 2.56 bits per heavy atom. The first-order chi connectivity index (χ1) is 12.6. The first-order valence-electron chi connectivity index (χ1n) is 7.95. The Labute approximate surface area is 160 Å². The van der Waals surface area contributed by atoms with E-state index >= 15 is 0 Å². The molecule has 3 heterocycles. The summed E-state index contributed by atoms with van der Waals surface area (Å²) < 4.78 is 13.1. The van der Waals surface area contributed by atoms with E-state index in [1.807, 2.05) is 13.0 Å². The van der Waals surface area contributed by atoms with Gasteiger partial charge in [0.2, 0.25) is 0 Å². The molecule has 0 saturated carbocycles. The van der Waals surface area contributed by atoms with Crippen LogP contribution in [0.2, 0.25) is 0 Å². The Morgan fingerprint density at radius 2 is 1.85 bits per heavy atom. The van der Waals surface area contributed by atoms with Crippen LogP contribution in [0.5, 0.6) is 0 Å². The van der Waals surface area contributed by atoms with Gasteiger partial charge in [-0.1, -0.05) is 0 Å². The highest BCUT2D eigenvalue weighted by Gasteiger charge is 2.15. The lowest BCUT2D eigenvalue weighted by Gasteiger charge is -2.05. The van der Waals surface area contributed by atoms with Crippen LogP contribution >= 0.6 is 12.4 Å². The topological polar surface area (TPSA) is 83.6 Å². The standard InChI is InChI=1S/C19H14FN5O.ClH/c1-11-2-7-14(10-22-11)23-19(26)15-8-9-21-18-16(15)24-17(25-18)12-3-5-13(20)6-4-12;/h2-10H,1H3,(H,23,26)(H,21,24,25);1H. The molecule has 3 aromatic heterocycles. The summed E-state index contributed by atoms with van der Waals surface area (Å²) in [5, 5.41) is 2.81. The van der Waals surface area contributed by atoms with Crippen molar-refractivity contribution < 1.29 is 9.18 Å². The average molecular weight is 384 g/mol. The summed E-state index contributed by atoms with van der Waals surface area (Å²) in [6, 6.07) is 11.2. The number of benzene rings is 1. The molecule has 2 N–H and O–H groups in total. The van der Waals surface area contributed by atoms with E-state index in [1.54, 1.807) is 30.5 Å². The number of pyridine rings is 2. The van der Waals surface area contributed by atoms with E-state index in [9.17, 15) is 9.18 Å². The minimum Gasteiger partial charge on any atom is -0.336 e. The van der Waals surface area contributed by atoms with Crippen LogP contribution in [0.3, 0.4) is 0 Å². The molecule has 0 saturated heterocycles. The number of imidazole rings is 1. The van der Waals surface area contributed by atoms with Crippen LogP contribution in [0.15, 0.2) is 54.9 Å². The molecule has 27 heavy (non-hydrogen) atoms. The number of aromatic nitrogens is 4. The maximum absolute atomic E-state index is 13.1. The fraction of sp³-hybridized carbons (Fsp3) is 0.0526. The summed E-state index contributed by atoms with van der Waals surface area (Å²) in [7, 11) is 0. The molecule has 6 nitrogen and oxygen atoms in total. The van der Waals surface area contributed by atoms with Gasteiger partial charge in [0.15, 0.2) is 5.65 Å². The predicted octanol–water partition coefficient (Wildman–Crippen LogP) is 4.14. The summed E-state index contributed by atoms with van der Waals surface area (Å²) in [4.78, 5) is 28.5. The van der Waals surface area contributed by atoms with Gasteiger partial charge in [-0.3, -0.25) is 9.78 Å².